The summed E-state index contributed by atoms with van der Waals surface area (Å²) in [4.78, 5) is 27.5. The van der Waals surface area contributed by atoms with Crippen molar-refractivity contribution in [2.75, 3.05) is 34.5 Å². The third kappa shape index (κ3) is 4.80. The number of rotatable bonds is 9. The number of benzene rings is 2. The molecule has 1 fully saturated rings. The topological polar surface area (TPSA) is 94.5 Å². The van der Waals surface area contributed by atoms with E-state index in [9.17, 15) is 14.7 Å². The van der Waals surface area contributed by atoms with Crippen LogP contribution in [0.15, 0.2) is 48.0 Å². The van der Waals surface area contributed by atoms with E-state index in [2.05, 4.69) is 0 Å². The van der Waals surface area contributed by atoms with Gasteiger partial charge in [-0.3, -0.25) is 9.59 Å². The summed E-state index contributed by atoms with van der Waals surface area (Å²) in [5.41, 5.74) is 0.845. The second-order valence-electron chi connectivity index (χ2n) is 7.76. The zero-order chi connectivity index (χ0) is 24.1. The van der Waals surface area contributed by atoms with Crippen molar-refractivity contribution in [1.29, 1.82) is 0 Å². The van der Waals surface area contributed by atoms with E-state index in [0.29, 0.717) is 28.4 Å². The van der Waals surface area contributed by atoms with E-state index in [0.717, 1.165) is 0 Å². The number of aliphatic hydroxyl groups is 1. The third-order valence-electron chi connectivity index (χ3n) is 5.28. The molecule has 0 spiro atoms. The number of para-hydroxylation sites is 1. The van der Waals surface area contributed by atoms with Gasteiger partial charge in [0.25, 0.3) is 11.7 Å². The summed E-state index contributed by atoms with van der Waals surface area (Å²) >= 11 is 0. The molecule has 33 heavy (non-hydrogen) atoms. The van der Waals surface area contributed by atoms with Crippen LogP contribution >= 0.6 is 0 Å². The monoisotopic (exact) mass is 455 g/mol. The molecule has 8 heteroatoms. The molecule has 1 aliphatic heterocycles. The Bertz CT molecular complexity index is 1060. The Balaban J connectivity index is 2.22. The molecule has 1 aliphatic rings. The largest absolute Gasteiger partial charge is 0.507 e. The Hall–Kier alpha value is -3.52. The van der Waals surface area contributed by atoms with Crippen molar-refractivity contribution in [3.63, 3.8) is 0 Å². The average molecular weight is 456 g/mol. The minimum absolute atomic E-state index is 0.0376. The molecule has 8 nitrogen and oxygen atoms in total. The number of Topliss-reactive ketones (excluding diaryl/α,β-unsaturated/α-hetero) is 1. The summed E-state index contributed by atoms with van der Waals surface area (Å²) in [7, 11) is 4.50. The highest BCUT2D eigenvalue weighted by Gasteiger charge is 2.47. The molecule has 0 aliphatic carbocycles. The highest BCUT2D eigenvalue weighted by Crippen LogP contribution is 2.45. The Kier molecular flexibility index (Phi) is 7.60. The van der Waals surface area contributed by atoms with Crippen molar-refractivity contribution >= 4 is 17.4 Å². The Morgan fingerprint density at radius 1 is 1.06 bits per heavy atom. The summed E-state index contributed by atoms with van der Waals surface area (Å²) in [6.07, 6.45) is -0.0666. The van der Waals surface area contributed by atoms with Gasteiger partial charge in [-0.25, -0.2) is 0 Å². The molecule has 1 atom stereocenters. The first-order valence-corrected chi connectivity index (χ1v) is 10.6. The van der Waals surface area contributed by atoms with Crippen LogP contribution in [-0.4, -0.2) is 62.3 Å². The highest BCUT2D eigenvalue weighted by molar-refractivity contribution is 6.46. The van der Waals surface area contributed by atoms with Gasteiger partial charge in [0.1, 0.15) is 11.5 Å². The highest BCUT2D eigenvalue weighted by atomic mass is 16.5. The minimum Gasteiger partial charge on any atom is -0.507 e. The van der Waals surface area contributed by atoms with E-state index in [1.807, 2.05) is 13.8 Å². The zero-order valence-corrected chi connectivity index (χ0v) is 19.5. The maximum Gasteiger partial charge on any atom is 0.295 e. The molecule has 1 amide bonds. The fraction of sp³-hybridized carbons (Fsp3) is 0.360. The Morgan fingerprint density at radius 2 is 1.79 bits per heavy atom. The first kappa shape index (κ1) is 24.1. The second kappa shape index (κ2) is 10.4. The van der Waals surface area contributed by atoms with Crippen LogP contribution in [0, 0.1) is 0 Å². The van der Waals surface area contributed by atoms with Crippen molar-refractivity contribution in [1.82, 2.24) is 4.90 Å². The second-order valence-corrected chi connectivity index (χ2v) is 7.76. The standard InChI is InChI=1S/C25H29NO7/c1-15(2)33-17-9-6-8-16(14-17)22(27)20-21(26(12-13-30-3)25(29)23(20)28)18-10-7-11-19(31-4)24(18)32-5/h6-11,14-15,21,27H,12-13H2,1-5H3/b22-20+. The van der Waals surface area contributed by atoms with Crippen molar-refractivity contribution in [2.45, 2.75) is 26.0 Å². The van der Waals surface area contributed by atoms with Crippen LogP contribution in [0.5, 0.6) is 17.2 Å². The smallest absolute Gasteiger partial charge is 0.295 e. The van der Waals surface area contributed by atoms with Crippen molar-refractivity contribution < 1.29 is 33.6 Å². The van der Waals surface area contributed by atoms with Gasteiger partial charge in [-0.1, -0.05) is 24.3 Å². The van der Waals surface area contributed by atoms with Gasteiger partial charge >= 0.3 is 0 Å². The molecule has 0 bridgehead atoms. The molecule has 3 rings (SSSR count). The molecule has 1 unspecified atom stereocenters. The number of nitrogens with zero attached hydrogens (tertiary/aromatic N) is 1. The van der Waals surface area contributed by atoms with E-state index in [-0.39, 0.29) is 30.6 Å². The number of methoxy groups -OCH3 is 3. The molecular weight excluding hydrogens is 426 g/mol. The molecule has 1 saturated heterocycles. The van der Waals surface area contributed by atoms with Crippen LogP contribution in [0.25, 0.3) is 5.76 Å². The van der Waals surface area contributed by atoms with E-state index >= 15 is 0 Å². The van der Waals surface area contributed by atoms with Gasteiger partial charge in [0, 0.05) is 24.8 Å². The number of ether oxygens (including phenoxy) is 4. The van der Waals surface area contributed by atoms with Crippen molar-refractivity contribution in [3.05, 3.63) is 59.2 Å². The number of hydrogen-bond acceptors (Lipinski definition) is 7. The zero-order valence-electron chi connectivity index (χ0n) is 19.5. The van der Waals surface area contributed by atoms with E-state index in [4.69, 9.17) is 18.9 Å². The van der Waals surface area contributed by atoms with E-state index < -0.39 is 17.7 Å². The Labute approximate surface area is 193 Å². The number of carbonyl (C=O) groups excluding carboxylic acids is 2. The van der Waals surface area contributed by atoms with Gasteiger partial charge in [-0.15, -0.1) is 0 Å². The SMILES string of the molecule is COCCN1C(=O)C(=O)/C(=C(/O)c2cccc(OC(C)C)c2)C1c1cccc(OC)c1OC. The first-order valence-electron chi connectivity index (χ1n) is 10.6. The summed E-state index contributed by atoms with van der Waals surface area (Å²) in [6.45, 7) is 4.15. The van der Waals surface area contributed by atoms with Crippen LogP contribution in [0.4, 0.5) is 0 Å². The van der Waals surface area contributed by atoms with Crippen LogP contribution < -0.4 is 14.2 Å². The van der Waals surface area contributed by atoms with E-state index in [1.54, 1.807) is 42.5 Å². The van der Waals surface area contributed by atoms with Gasteiger partial charge in [0.05, 0.1) is 38.5 Å². The van der Waals surface area contributed by atoms with Crippen LogP contribution in [-0.2, 0) is 14.3 Å². The number of ketones is 1. The molecule has 1 heterocycles. The van der Waals surface area contributed by atoms with Gasteiger partial charge in [0.2, 0.25) is 0 Å². The molecule has 176 valence electrons. The minimum atomic E-state index is -0.889. The average Bonchev–Trinajstić information content (AvgIpc) is 3.05. The number of carbonyl (C=O) groups is 2. The fourth-order valence-electron chi connectivity index (χ4n) is 3.90. The molecular formula is C25H29NO7. The van der Waals surface area contributed by atoms with Gasteiger partial charge in [-0.05, 0) is 32.0 Å². The quantitative estimate of drug-likeness (QED) is 0.351. The van der Waals surface area contributed by atoms with Crippen LogP contribution in [0.2, 0.25) is 0 Å². The van der Waals surface area contributed by atoms with Gasteiger partial charge in [0.15, 0.2) is 11.5 Å². The maximum atomic E-state index is 13.1. The first-order chi connectivity index (χ1) is 15.8. The lowest BCUT2D eigenvalue weighted by Gasteiger charge is -2.27. The van der Waals surface area contributed by atoms with E-state index in [1.165, 1.54) is 26.2 Å². The molecule has 0 aromatic heterocycles. The summed E-state index contributed by atoms with van der Waals surface area (Å²) in [5, 5.41) is 11.3. The van der Waals surface area contributed by atoms with Crippen molar-refractivity contribution in [3.8, 4) is 17.2 Å². The number of hydrogen-bond donors (Lipinski definition) is 1. The lowest BCUT2D eigenvalue weighted by Crippen LogP contribution is -2.32. The predicted octanol–water partition coefficient (Wildman–Crippen LogP) is 3.56. The Morgan fingerprint density at radius 3 is 2.42 bits per heavy atom. The lowest BCUT2D eigenvalue weighted by atomic mass is 9.94. The molecule has 2 aromatic carbocycles. The molecule has 0 saturated carbocycles. The normalized spacial score (nSPS) is 17.5. The summed E-state index contributed by atoms with van der Waals surface area (Å²) in [5.74, 6) is -0.445. The lowest BCUT2D eigenvalue weighted by molar-refractivity contribution is -0.140. The van der Waals surface area contributed by atoms with Crippen molar-refractivity contribution in [2.24, 2.45) is 0 Å². The third-order valence-corrected chi connectivity index (χ3v) is 5.28. The number of aliphatic hydroxyl groups excluding tert-OH is 1. The summed E-state index contributed by atoms with van der Waals surface area (Å²) in [6, 6.07) is 11.1. The van der Waals surface area contributed by atoms with Crippen LogP contribution in [0.1, 0.15) is 31.0 Å². The molecule has 2 aromatic rings. The summed E-state index contributed by atoms with van der Waals surface area (Å²) < 4.78 is 21.8. The molecule has 0 radical (unpaired) electrons. The van der Waals surface area contributed by atoms with Crippen LogP contribution in [0.3, 0.4) is 0 Å². The van der Waals surface area contributed by atoms with Gasteiger partial charge < -0.3 is 29.0 Å². The number of likely N-dealkylation sites (tertiary alicyclic amines) is 1. The molecule has 1 N–H and O–H groups in total. The van der Waals surface area contributed by atoms with Gasteiger partial charge in [-0.2, -0.15) is 0 Å². The maximum absolute atomic E-state index is 13.1. The fourth-order valence-corrected chi connectivity index (χ4v) is 3.90. The predicted molar refractivity (Wildman–Crippen MR) is 123 cm³/mol. The number of amides is 1.